The Hall–Kier alpha value is -3.80. The third-order valence-electron chi connectivity index (χ3n) is 5.95. The van der Waals surface area contributed by atoms with Crippen molar-refractivity contribution in [2.24, 2.45) is 7.05 Å². The van der Waals surface area contributed by atoms with Gasteiger partial charge in [-0.05, 0) is 60.5 Å². The molecule has 5 rings (SSSR count). The first-order valence-electron chi connectivity index (χ1n) is 10.3. The molecular weight excluding hydrogens is 390 g/mol. The molecule has 0 unspecified atom stereocenters. The molecule has 0 spiro atoms. The van der Waals surface area contributed by atoms with Crippen LogP contribution in [0.15, 0.2) is 71.5 Å². The number of aromatic nitrogens is 1. The van der Waals surface area contributed by atoms with Gasteiger partial charge in [-0.25, -0.2) is 0 Å². The molecule has 2 aromatic heterocycles. The average Bonchev–Trinajstić information content (AvgIpc) is 3.42. The van der Waals surface area contributed by atoms with Gasteiger partial charge in [-0.3, -0.25) is 9.59 Å². The Balaban J connectivity index is 1.64. The maximum Gasteiger partial charge on any atom is 0.294 e. The van der Waals surface area contributed by atoms with Crippen molar-refractivity contribution in [2.75, 3.05) is 16.3 Å². The molecule has 1 aliphatic heterocycles. The van der Waals surface area contributed by atoms with E-state index in [0.29, 0.717) is 12.2 Å². The minimum absolute atomic E-state index is 0.0442. The van der Waals surface area contributed by atoms with Gasteiger partial charge in [-0.2, -0.15) is 0 Å². The molecule has 0 N–H and O–H groups in total. The molecule has 1 atom stereocenters. The van der Waals surface area contributed by atoms with Gasteiger partial charge in [0, 0.05) is 37.6 Å². The second kappa shape index (κ2) is 7.16. The van der Waals surface area contributed by atoms with Crippen LogP contribution in [-0.4, -0.2) is 29.0 Å². The lowest BCUT2D eigenvalue weighted by Gasteiger charge is -2.40. The largest absolute Gasteiger partial charge is 0.459 e. The van der Waals surface area contributed by atoms with Gasteiger partial charge in [0.1, 0.15) is 0 Å². The number of furan rings is 1. The number of aryl methyl sites for hydroxylation is 1. The number of anilines is 2. The standard InChI is InChI=1S/C25H23N3O3/c1-16-15-27(25(30)24-5-4-12-31-24)23-14-19(7-9-22(23)28(16)17(2)29)18-6-8-21-20(13-18)10-11-26(21)3/h4-14,16H,15H2,1-3H3/t16-/m0/s1. The topological polar surface area (TPSA) is 58.7 Å². The zero-order valence-corrected chi connectivity index (χ0v) is 17.7. The molecule has 0 radical (unpaired) electrons. The van der Waals surface area contributed by atoms with E-state index in [0.717, 1.165) is 27.7 Å². The molecule has 1 aliphatic rings. The molecule has 2 aromatic carbocycles. The number of nitrogens with zero attached hydrogens (tertiary/aromatic N) is 3. The van der Waals surface area contributed by atoms with E-state index in [-0.39, 0.29) is 23.6 Å². The fourth-order valence-corrected chi connectivity index (χ4v) is 4.47. The smallest absolute Gasteiger partial charge is 0.294 e. The van der Waals surface area contributed by atoms with E-state index < -0.39 is 0 Å². The van der Waals surface area contributed by atoms with Crippen molar-refractivity contribution in [3.8, 4) is 11.1 Å². The summed E-state index contributed by atoms with van der Waals surface area (Å²) in [5, 5.41) is 1.15. The summed E-state index contributed by atoms with van der Waals surface area (Å²) in [7, 11) is 2.02. The third kappa shape index (κ3) is 3.11. The predicted molar refractivity (Wildman–Crippen MR) is 121 cm³/mol. The minimum atomic E-state index is -0.211. The molecule has 0 bridgehead atoms. The van der Waals surface area contributed by atoms with E-state index in [2.05, 4.69) is 28.8 Å². The number of amides is 2. The van der Waals surface area contributed by atoms with E-state index in [9.17, 15) is 9.59 Å². The maximum absolute atomic E-state index is 13.2. The molecule has 4 aromatic rings. The van der Waals surface area contributed by atoms with Crippen molar-refractivity contribution in [3.63, 3.8) is 0 Å². The fourth-order valence-electron chi connectivity index (χ4n) is 4.47. The molecule has 6 nitrogen and oxygen atoms in total. The van der Waals surface area contributed by atoms with Crippen molar-refractivity contribution < 1.29 is 14.0 Å². The van der Waals surface area contributed by atoms with Crippen molar-refractivity contribution in [2.45, 2.75) is 19.9 Å². The van der Waals surface area contributed by atoms with Gasteiger partial charge in [0.25, 0.3) is 5.91 Å². The van der Waals surface area contributed by atoms with E-state index in [4.69, 9.17) is 4.42 Å². The minimum Gasteiger partial charge on any atom is -0.459 e. The molecule has 0 fully saturated rings. The van der Waals surface area contributed by atoms with Crippen molar-refractivity contribution in [1.82, 2.24) is 4.57 Å². The van der Waals surface area contributed by atoms with Crippen LogP contribution in [0.3, 0.4) is 0 Å². The Morgan fingerprint density at radius 3 is 2.52 bits per heavy atom. The van der Waals surface area contributed by atoms with Gasteiger partial charge < -0.3 is 18.8 Å². The third-order valence-corrected chi connectivity index (χ3v) is 5.95. The van der Waals surface area contributed by atoms with E-state index >= 15 is 0 Å². The normalized spacial score (nSPS) is 15.9. The Morgan fingerprint density at radius 2 is 1.77 bits per heavy atom. The molecule has 0 aliphatic carbocycles. The van der Waals surface area contributed by atoms with E-state index in [1.807, 2.05) is 38.4 Å². The maximum atomic E-state index is 13.2. The van der Waals surface area contributed by atoms with Gasteiger partial charge in [0.2, 0.25) is 5.91 Å². The average molecular weight is 413 g/mol. The lowest BCUT2D eigenvalue weighted by molar-refractivity contribution is -0.117. The monoisotopic (exact) mass is 413 g/mol. The number of hydrogen-bond donors (Lipinski definition) is 0. The lowest BCUT2D eigenvalue weighted by Crippen LogP contribution is -2.51. The summed E-state index contributed by atoms with van der Waals surface area (Å²) in [6.45, 7) is 3.90. The van der Waals surface area contributed by atoms with Crippen LogP contribution < -0.4 is 9.80 Å². The van der Waals surface area contributed by atoms with Crippen LogP contribution in [0.4, 0.5) is 11.4 Å². The van der Waals surface area contributed by atoms with Gasteiger partial charge in [-0.15, -0.1) is 0 Å². The van der Waals surface area contributed by atoms with Crippen LogP contribution in [0.1, 0.15) is 24.4 Å². The van der Waals surface area contributed by atoms with Crippen molar-refractivity contribution >= 4 is 34.1 Å². The van der Waals surface area contributed by atoms with Gasteiger partial charge in [0.05, 0.1) is 23.7 Å². The molecule has 0 saturated heterocycles. The fraction of sp³-hybridized carbons (Fsp3) is 0.200. The summed E-state index contributed by atoms with van der Waals surface area (Å²) in [6.07, 6.45) is 3.53. The Labute approximate surface area is 180 Å². The highest BCUT2D eigenvalue weighted by molar-refractivity contribution is 6.10. The number of carbonyl (C=O) groups is 2. The number of carbonyl (C=O) groups excluding carboxylic acids is 2. The lowest BCUT2D eigenvalue weighted by atomic mass is 9.99. The summed E-state index contributed by atoms with van der Waals surface area (Å²) < 4.78 is 7.45. The van der Waals surface area contributed by atoms with Crippen LogP contribution in [0.2, 0.25) is 0 Å². The summed E-state index contributed by atoms with van der Waals surface area (Å²) in [6, 6.07) is 17.6. The molecule has 0 saturated carbocycles. The Morgan fingerprint density at radius 1 is 1.00 bits per heavy atom. The quantitative estimate of drug-likeness (QED) is 0.472. The molecule has 156 valence electrons. The number of hydrogen-bond acceptors (Lipinski definition) is 3. The zero-order valence-electron chi connectivity index (χ0n) is 17.7. The second-order valence-corrected chi connectivity index (χ2v) is 8.03. The number of benzene rings is 2. The summed E-state index contributed by atoms with van der Waals surface area (Å²) in [5.74, 6) is 0.0276. The zero-order chi connectivity index (χ0) is 21.7. The highest BCUT2D eigenvalue weighted by atomic mass is 16.3. The summed E-state index contributed by atoms with van der Waals surface area (Å²) in [5.41, 5.74) is 4.64. The van der Waals surface area contributed by atoms with Crippen LogP contribution in [0.5, 0.6) is 0 Å². The Bertz CT molecular complexity index is 1300. The van der Waals surface area contributed by atoms with Gasteiger partial charge >= 0.3 is 0 Å². The SMILES string of the molecule is CC(=O)N1c2ccc(-c3ccc4c(ccn4C)c3)cc2N(C(=O)c2ccco2)C[C@@H]1C. The highest BCUT2D eigenvalue weighted by Crippen LogP contribution is 2.40. The first-order valence-corrected chi connectivity index (χ1v) is 10.3. The predicted octanol–water partition coefficient (Wildman–Crippen LogP) is 4.84. The molecular formula is C25H23N3O3. The van der Waals surface area contributed by atoms with Gasteiger partial charge in [0.15, 0.2) is 5.76 Å². The van der Waals surface area contributed by atoms with E-state index in [1.165, 1.54) is 6.26 Å². The first kappa shape index (κ1) is 19.2. The number of fused-ring (bicyclic) bond motifs is 2. The van der Waals surface area contributed by atoms with Crippen LogP contribution in [0, 0.1) is 0 Å². The van der Waals surface area contributed by atoms with E-state index in [1.54, 1.807) is 28.9 Å². The van der Waals surface area contributed by atoms with Crippen LogP contribution in [-0.2, 0) is 11.8 Å². The second-order valence-electron chi connectivity index (χ2n) is 8.03. The number of rotatable bonds is 2. The van der Waals surface area contributed by atoms with Crippen LogP contribution >= 0.6 is 0 Å². The van der Waals surface area contributed by atoms with Gasteiger partial charge in [-0.1, -0.05) is 12.1 Å². The molecule has 2 amide bonds. The molecule has 3 heterocycles. The molecule has 31 heavy (non-hydrogen) atoms. The van der Waals surface area contributed by atoms with Crippen LogP contribution in [0.25, 0.3) is 22.0 Å². The van der Waals surface area contributed by atoms with Crippen molar-refractivity contribution in [3.05, 3.63) is 72.8 Å². The molecule has 6 heteroatoms. The Kier molecular flexibility index (Phi) is 4.43. The summed E-state index contributed by atoms with van der Waals surface area (Å²) in [4.78, 5) is 29.0. The first-order chi connectivity index (χ1) is 14.9. The van der Waals surface area contributed by atoms with Crippen molar-refractivity contribution in [1.29, 1.82) is 0 Å². The highest BCUT2D eigenvalue weighted by Gasteiger charge is 2.35. The summed E-state index contributed by atoms with van der Waals surface area (Å²) >= 11 is 0.